The fourth-order valence-corrected chi connectivity index (χ4v) is 1.70. The SMILES string of the molecule is O=Cc1cc(CCl)c(C(F)F)nc1I. The predicted octanol–water partition coefficient (Wildman–Crippen LogP) is 3.18. The highest BCUT2D eigenvalue weighted by atomic mass is 127. The molecule has 1 aromatic rings. The minimum Gasteiger partial charge on any atom is -0.298 e. The van der Waals surface area contributed by atoms with Crippen molar-refractivity contribution in [2.75, 3.05) is 0 Å². The van der Waals surface area contributed by atoms with Crippen LogP contribution < -0.4 is 0 Å². The molecule has 6 heteroatoms. The van der Waals surface area contributed by atoms with Crippen LogP contribution in [0.15, 0.2) is 6.07 Å². The third-order valence-corrected chi connectivity index (χ3v) is 2.75. The number of alkyl halides is 3. The summed E-state index contributed by atoms with van der Waals surface area (Å²) >= 11 is 7.20. The number of hydrogen-bond acceptors (Lipinski definition) is 2. The Morgan fingerprint density at radius 1 is 1.64 bits per heavy atom. The molecule has 1 aromatic heterocycles. The van der Waals surface area contributed by atoms with E-state index in [1.807, 2.05) is 0 Å². The molecule has 0 N–H and O–H groups in total. The van der Waals surface area contributed by atoms with Gasteiger partial charge >= 0.3 is 0 Å². The number of rotatable bonds is 3. The molecule has 0 saturated heterocycles. The number of aldehydes is 1. The van der Waals surface area contributed by atoms with Gasteiger partial charge in [-0.25, -0.2) is 13.8 Å². The summed E-state index contributed by atoms with van der Waals surface area (Å²) in [4.78, 5) is 14.1. The van der Waals surface area contributed by atoms with Crippen LogP contribution in [-0.2, 0) is 5.88 Å². The van der Waals surface area contributed by atoms with Gasteiger partial charge in [-0.1, -0.05) is 0 Å². The van der Waals surface area contributed by atoms with E-state index in [1.165, 1.54) is 6.07 Å². The molecule has 0 amide bonds. The lowest BCUT2D eigenvalue weighted by Gasteiger charge is -2.07. The van der Waals surface area contributed by atoms with Gasteiger partial charge in [-0.2, -0.15) is 0 Å². The molecule has 14 heavy (non-hydrogen) atoms. The number of aromatic nitrogens is 1. The molecule has 0 aromatic carbocycles. The zero-order chi connectivity index (χ0) is 10.7. The highest BCUT2D eigenvalue weighted by Crippen LogP contribution is 2.24. The Balaban J connectivity index is 3.31. The van der Waals surface area contributed by atoms with Crippen molar-refractivity contribution in [1.82, 2.24) is 4.98 Å². The van der Waals surface area contributed by atoms with Crippen LogP contribution in [0.25, 0.3) is 0 Å². The molecule has 1 rings (SSSR count). The summed E-state index contributed by atoms with van der Waals surface area (Å²) in [5, 5.41) is 0. The predicted molar refractivity (Wildman–Crippen MR) is 56.9 cm³/mol. The lowest BCUT2D eigenvalue weighted by Crippen LogP contribution is -2.02. The Morgan fingerprint density at radius 3 is 2.71 bits per heavy atom. The maximum atomic E-state index is 12.4. The molecule has 0 spiro atoms. The molecule has 2 nitrogen and oxygen atoms in total. The topological polar surface area (TPSA) is 30.0 Å². The van der Waals surface area contributed by atoms with E-state index in [2.05, 4.69) is 4.98 Å². The van der Waals surface area contributed by atoms with Gasteiger partial charge in [-0.15, -0.1) is 11.6 Å². The first-order chi connectivity index (χ1) is 6.60. The molecule has 0 radical (unpaired) electrons. The molecule has 0 bridgehead atoms. The largest absolute Gasteiger partial charge is 0.298 e. The van der Waals surface area contributed by atoms with Gasteiger partial charge < -0.3 is 0 Å². The molecule has 1 heterocycles. The summed E-state index contributed by atoms with van der Waals surface area (Å²) in [6, 6.07) is 1.34. The summed E-state index contributed by atoms with van der Waals surface area (Å²) in [6.07, 6.45) is -2.10. The van der Waals surface area contributed by atoms with Crippen LogP contribution >= 0.6 is 34.2 Å². The van der Waals surface area contributed by atoms with Crippen molar-refractivity contribution in [3.05, 3.63) is 26.6 Å². The lowest BCUT2D eigenvalue weighted by molar-refractivity contribution is 0.112. The van der Waals surface area contributed by atoms with Gasteiger partial charge in [0.15, 0.2) is 6.29 Å². The summed E-state index contributed by atoms with van der Waals surface area (Å²) in [7, 11) is 0. The molecule has 0 unspecified atom stereocenters. The van der Waals surface area contributed by atoms with Crippen LogP contribution in [0.1, 0.15) is 28.0 Å². The van der Waals surface area contributed by atoms with Crippen molar-refractivity contribution >= 4 is 40.5 Å². The van der Waals surface area contributed by atoms with Gasteiger partial charge in [0.2, 0.25) is 0 Å². The molecule has 0 saturated carbocycles. The van der Waals surface area contributed by atoms with Gasteiger partial charge in [0, 0.05) is 11.4 Å². The van der Waals surface area contributed by atoms with Crippen LogP contribution in [-0.4, -0.2) is 11.3 Å². The highest BCUT2D eigenvalue weighted by Gasteiger charge is 2.16. The van der Waals surface area contributed by atoms with Crippen LogP contribution in [0.3, 0.4) is 0 Å². The van der Waals surface area contributed by atoms with Crippen LogP contribution in [0, 0.1) is 3.70 Å². The van der Waals surface area contributed by atoms with Gasteiger partial charge in [0.25, 0.3) is 6.43 Å². The Hall–Kier alpha value is -0.300. The van der Waals surface area contributed by atoms with E-state index >= 15 is 0 Å². The number of nitrogens with zero attached hydrogens (tertiary/aromatic N) is 1. The number of carbonyl (C=O) groups is 1. The van der Waals surface area contributed by atoms with Crippen molar-refractivity contribution < 1.29 is 13.6 Å². The zero-order valence-electron chi connectivity index (χ0n) is 6.81. The second-order valence-corrected chi connectivity index (χ2v) is 3.75. The summed E-state index contributed by atoms with van der Waals surface area (Å²) in [6.45, 7) is 0. The lowest BCUT2D eigenvalue weighted by atomic mass is 10.1. The number of pyridine rings is 1. The normalized spacial score (nSPS) is 10.6. The molecule has 76 valence electrons. The molecular formula is C8H5ClF2INO. The summed E-state index contributed by atoms with van der Waals surface area (Å²) < 4.78 is 25.1. The number of hydrogen-bond donors (Lipinski definition) is 0. The van der Waals surface area contributed by atoms with E-state index in [1.54, 1.807) is 22.6 Å². The third-order valence-electron chi connectivity index (χ3n) is 1.59. The van der Waals surface area contributed by atoms with E-state index < -0.39 is 6.43 Å². The van der Waals surface area contributed by atoms with Crippen molar-refractivity contribution in [2.45, 2.75) is 12.3 Å². The van der Waals surface area contributed by atoms with Crippen LogP contribution in [0.4, 0.5) is 8.78 Å². The fourth-order valence-electron chi connectivity index (χ4n) is 0.942. The van der Waals surface area contributed by atoms with Crippen molar-refractivity contribution in [2.24, 2.45) is 0 Å². The third kappa shape index (κ3) is 2.38. The standard InChI is InChI=1S/C8H5ClF2INO/c9-2-4-1-5(3-14)8(12)13-6(4)7(10)11/h1,3,7H,2H2. The Labute approximate surface area is 97.8 Å². The van der Waals surface area contributed by atoms with E-state index in [0.717, 1.165) is 0 Å². The molecular weight excluding hydrogens is 326 g/mol. The van der Waals surface area contributed by atoms with E-state index in [-0.39, 0.29) is 26.4 Å². The quantitative estimate of drug-likeness (QED) is 0.368. The van der Waals surface area contributed by atoms with Gasteiger partial charge in [-0.3, -0.25) is 4.79 Å². The first-order valence-electron chi connectivity index (χ1n) is 3.58. The maximum Gasteiger partial charge on any atom is 0.280 e. The average molecular weight is 331 g/mol. The number of halogens is 4. The minimum atomic E-state index is -2.67. The minimum absolute atomic E-state index is 0.0789. The van der Waals surface area contributed by atoms with Crippen LogP contribution in [0.2, 0.25) is 0 Å². The van der Waals surface area contributed by atoms with E-state index in [9.17, 15) is 13.6 Å². The van der Waals surface area contributed by atoms with E-state index in [0.29, 0.717) is 6.29 Å². The molecule has 0 aliphatic rings. The first-order valence-corrected chi connectivity index (χ1v) is 5.20. The Kier molecular flexibility index (Phi) is 4.18. The second kappa shape index (κ2) is 4.97. The molecule has 0 aliphatic carbocycles. The average Bonchev–Trinajstić information content (AvgIpc) is 2.17. The Morgan fingerprint density at radius 2 is 2.29 bits per heavy atom. The smallest absolute Gasteiger partial charge is 0.280 e. The fraction of sp³-hybridized carbons (Fsp3) is 0.250. The van der Waals surface area contributed by atoms with Crippen molar-refractivity contribution in [1.29, 1.82) is 0 Å². The van der Waals surface area contributed by atoms with Gasteiger partial charge in [-0.05, 0) is 34.2 Å². The summed E-state index contributed by atoms with van der Waals surface area (Å²) in [5.41, 5.74) is 0.129. The van der Waals surface area contributed by atoms with Gasteiger partial charge in [0.05, 0.1) is 0 Å². The maximum absolute atomic E-state index is 12.4. The Bertz CT molecular complexity index is 359. The zero-order valence-corrected chi connectivity index (χ0v) is 9.72. The molecule has 0 atom stereocenters. The van der Waals surface area contributed by atoms with Crippen molar-refractivity contribution in [3.63, 3.8) is 0 Å². The molecule has 0 fully saturated rings. The highest BCUT2D eigenvalue weighted by molar-refractivity contribution is 14.1. The second-order valence-electron chi connectivity index (χ2n) is 2.46. The van der Waals surface area contributed by atoms with E-state index in [4.69, 9.17) is 11.6 Å². The number of carbonyl (C=O) groups excluding carboxylic acids is 1. The van der Waals surface area contributed by atoms with Gasteiger partial charge in [0.1, 0.15) is 9.39 Å². The molecule has 0 aliphatic heterocycles. The van der Waals surface area contributed by atoms with Crippen molar-refractivity contribution in [3.8, 4) is 0 Å². The van der Waals surface area contributed by atoms with Crippen LogP contribution in [0.5, 0.6) is 0 Å². The summed E-state index contributed by atoms with van der Waals surface area (Å²) in [5.74, 6) is -0.0789. The first kappa shape index (κ1) is 11.8. The monoisotopic (exact) mass is 331 g/mol.